The van der Waals surface area contributed by atoms with Crippen LogP contribution in [0.15, 0.2) is 94.7 Å². The van der Waals surface area contributed by atoms with Gasteiger partial charge in [-0.25, -0.2) is 0 Å². The summed E-state index contributed by atoms with van der Waals surface area (Å²) in [5, 5.41) is 11.6. The van der Waals surface area contributed by atoms with Crippen LogP contribution in [0, 0.1) is 0 Å². The predicted octanol–water partition coefficient (Wildman–Crippen LogP) is 5.72. The van der Waals surface area contributed by atoms with Crippen LogP contribution in [0.5, 0.6) is 5.75 Å². The van der Waals surface area contributed by atoms with Crippen LogP contribution in [0.4, 0.5) is 0 Å². The number of carbonyl (C=O) groups is 1. The smallest absolute Gasteiger partial charge is 0.192 e. The van der Waals surface area contributed by atoms with Gasteiger partial charge < -0.3 is 9.15 Å². The Hall–Kier alpha value is -3.84. The second kappa shape index (κ2) is 9.34. The molecule has 0 fully saturated rings. The number of ether oxygens (including phenoxy) is 1. The van der Waals surface area contributed by atoms with E-state index in [1.54, 1.807) is 13.4 Å². The van der Waals surface area contributed by atoms with Crippen molar-refractivity contribution in [2.75, 3.05) is 12.9 Å². The van der Waals surface area contributed by atoms with Crippen LogP contribution in [0.1, 0.15) is 16.1 Å². The Bertz CT molecular complexity index is 1390. The Morgan fingerprint density at radius 1 is 0.970 bits per heavy atom. The molecule has 0 atom stereocenters. The summed E-state index contributed by atoms with van der Waals surface area (Å²) in [4.78, 5) is 12.9. The van der Waals surface area contributed by atoms with Crippen molar-refractivity contribution in [3.05, 3.63) is 96.4 Å². The zero-order valence-corrected chi connectivity index (χ0v) is 18.8. The van der Waals surface area contributed by atoms with Gasteiger partial charge in [-0.3, -0.25) is 9.36 Å². The molecule has 0 spiro atoms. The fraction of sp³-hybridized carbons (Fsp3) is 0.115. The molecule has 0 unspecified atom stereocenters. The number of aromatic nitrogens is 3. The second-order valence-corrected chi connectivity index (χ2v) is 8.42. The Morgan fingerprint density at radius 3 is 2.55 bits per heavy atom. The number of carbonyl (C=O) groups excluding carboxylic acids is 1. The van der Waals surface area contributed by atoms with Crippen LogP contribution in [-0.2, 0) is 6.54 Å². The van der Waals surface area contributed by atoms with Gasteiger partial charge in [-0.05, 0) is 53.2 Å². The molecule has 0 N–H and O–H groups in total. The molecule has 2 heterocycles. The maximum atomic E-state index is 12.9. The van der Waals surface area contributed by atoms with Crippen LogP contribution in [-0.4, -0.2) is 33.4 Å². The van der Waals surface area contributed by atoms with E-state index in [-0.39, 0.29) is 11.5 Å². The van der Waals surface area contributed by atoms with Gasteiger partial charge in [0.1, 0.15) is 11.5 Å². The summed E-state index contributed by atoms with van der Waals surface area (Å²) in [6, 6.07) is 25.2. The van der Waals surface area contributed by atoms with E-state index in [1.807, 2.05) is 83.4 Å². The molecule has 0 saturated carbocycles. The molecule has 164 valence electrons. The fourth-order valence-corrected chi connectivity index (χ4v) is 4.46. The van der Waals surface area contributed by atoms with Gasteiger partial charge in [0, 0.05) is 11.1 Å². The van der Waals surface area contributed by atoms with Gasteiger partial charge in [0.2, 0.25) is 0 Å². The highest BCUT2D eigenvalue weighted by Gasteiger charge is 2.18. The van der Waals surface area contributed by atoms with E-state index in [9.17, 15) is 4.79 Å². The van der Waals surface area contributed by atoms with Gasteiger partial charge >= 0.3 is 0 Å². The number of ketones is 1. The molecule has 0 aliphatic rings. The van der Waals surface area contributed by atoms with E-state index in [0.717, 1.165) is 27.8 Å². The van der Waals surface area contributed by atoms with Gasteiger partial charge in [0.15, 0.2) is 16.8 Å². The van der Waals surface area contributed by atoms with Crippen LogP contribution in [0.25, 0.3) is 22.2 Å². The summed E-state index contributed by atoms with van der Waals surface area (Å²) >= 11 is 1.37. The number of Topliss-reactive ketones (excluding diaryl/α,β-unsaturated/α-hetero) is 1. The van der Waals surface area contributed by atoms with E-state index < -0.39 is 0 Å². The predicted molar refractivity (Wildman–Crippen MR) is 129 cm³/mol. The van der Waals surface area contributed by atoms with E-state index in [0.29, 0.717) is 23.1 Å². The molecule has 3 aromatic carbocycles. The number of furan rings is 1. The zero-order chi connectivity index (χ0) is 22.6. The number of rotatable bonds is 8. The normalized spacial score (nSPS) is 11.1. The van der Waals surface area contributed by atoms with Crippen molar-refractivity contribution in [2.24, 2.45) is 0 Å². The molecule has 5 rings (SSSR count). The molecule has 7 heteroatoms. The molecule has 0 amide bonds. The maximum Gasteiger partial charge on any atom is 0.192 e. The van der Waals surface area contributed by atoms with Crippen molar-refractivity contribution in [1.29, 1.82) is 0 Å². The Labute approximate surface area is 195 Å². The molecule has 33 heavy (non-hydrogen) atoms. The third-order valence-electron chi connectivity index (χ3n) is 5.36. The third-order valence-corrected chi connectivity index (χ3v) is 6.33. The lowest BCUT2D eigenvalue weighted by Gasteiger charge is -2.09. The molecule has 0 radical (unpaired) electrons. The van der Waals surface area contributed by atoms with Crippen LogP contribution < -0.4 is 4.74 Å². The highest BCUT2D eigenvalue weighted by molar-refractivity contribution is 7.99. The van der Waals surface area contributed by atoms with Gasteiger partial charge in [0.25, 0.3) is 0 Å². The molecule has 2 aromatic heterocycles. The molecule has 6 nitrogen and oxygen atoms in total. The maximum absolute atomic E-state index is 12.9. The Morgan fingerprint density at radius 2 is 1.79 bits per heavy atom. The first-order valence-corrected chi connectivity index (χ1v) is 11.4. The minimum absolute atomic E-state index is 0.0456. The van der Waals surface area contributed by atoms with Gasteiger partial charge in [-0.2, -0.15) is 0 Å². The minimum Gasteiger partial charge on any atom is -0.497 e. The van der Waals surface area contributed by atoms with Crippen molar-refractivity contribution in [3.63, 3.8) is 0 Å². The summed E-state index contributed by atoms with van der Waals surface area (Å²) in [5.41, 5.74) is 1.59. The highest BCUT2D eigenvalue weighted by Crippen LogP contribution is 2.27. The molecule has 0 aliphatic heterocycles. The SMILES string of the molecule is COc1ccc(-c2nnc(SCC(=O)c3ccc4ccccc4c3)n2Cc2ccco2)cc1. The lowest BCUT2D eigenvalue weighted by atomic mass is 10.1. The first kappa shape index (κ1) is 21.0. The number of hydrogen-bond donors (Lipinski definition) is 0. The number of thioether (sulfide) groups is 1. The molecule has 0 aliphatic carbocycles. The number of fused-ring (bicyclic) bond motifs is 1. The van der Waals surface area contributed by atoms with Crippen LogP contribution >= 0.6 is 11.8 Å². The Balaban J connectivity index is 1.40. The van der Waals surface area contributed by atoms with E-state index in [1.165, 1.54) is 11.8 Å². The summed E-state index contributed by atoms with van der Waals surface area (Å²) in [6.07, 6.45) is 1.64. The van der Waals surface area contributed by atoms with Crippen molar-refractivity contribution in [3.8, 4) is 17.1 Å². The lowest BCUT2D eigenvalue weighted by Crippen LogP contribution is -2.06. The standard InChI is InChI=1S/C26H21N3O3S/c1-31-22-12-10-19(11-13-22)25-27-28-26(29(25)16-23-7-4-14-32-23)33-17-24(30)21-9-8-18-5-2-3-6-20(18)15-21/h2-15H,16-17H2,1H3. The molecule has 5 aromatic rings. The number of benzene rings is 3. The number of nitrogens with zero attached hydrogens (tertiary/aromatic N) is 3. The average Bonchev–Trinajstić information content (AvgIpc) is 3.52. The van der Waals surface area contributed by atoms with Crippen LogP contribution in [0.3, 0.4) is 0 Å². The zero-order valence-electron chi connectivity index (χ0n) is 18.0. The van der Waals surface area contributed by atoms with E-state index in [2.05, 4.69) is 10.2 Å². The molecule has 0 saturated heterocycles. The molecule has 0 bridgehead atoms. The van der Waals surface area contributed by atoms with Gasteiger partial charge in [-0.1, -0.05) is 48.2 Å². The number of methoxy groups -OCH3 is 1. The summed E-state index contributed by atoms with van der Waals surface area (Å²) in [7, 11) is 1.63. The van der Waals surface area contributed by atoms with E-state index >= 15 is 0 Å². The van der Waals surface area contributed by atoms with Crippen molar-refractivity contribution in [2.45, 2.75) is 11.7 Å². The first-order valence-electron chi connectivity index (χ1n) is 10.5. The Kier molecular flexibility index (Phi) is 5.95. The van der Waals surface area contributed by atoms with Gasteiger partial charge in [0.05, 0.1) is 25.7 Å². The largest absolute Gasteiger partial charge is 0.497 e. The molecular formula is C26H21N3O3S. The van der Waals surface area contributed by atoms with Crippen molar-refractivity contribution in [1.82, 2.24) is 14.8 Å². The minimum atomic E-state index is 0.0456. The highest BCUT2D eigenvalue weighted by atomic mass is 32.2. The second-order valence-electron chi connectivity index (χ2n) is 7.47. The fourth-order valence-electron chi connectivity index (χ4n) is 3.63. The average molecular weight is 456 g/mol. The number of hydrogen-bond acceptors (Lipinski definition) is 6. The quantitative estimate of drug-likeness (QED) is 0.220. The van der Waals surface area contributed by atoms with Crippen LogP contribution in [0.2, 0.25) is 0 Å². The summed E-state index contributed by atoms with van der Waals surface area (Å²) in [5.74, 6) is 2.56. The summed E-state index contributed by atoms with van der Waals surface area (Å²) in [6.45, 7) is 0.466. The first-order chi connectivity index (χ1) is 16.2. The lowest BCUT2D eigenvalue weighted by molar-refractivity contribution is 0.102. The molecular weight excluding hydrogens is 434 g/mol. The topological polar surface area (TPSA) is 70.2 Å². The summed E-state index contributed by atoms with van der Waals surface area (Å²) < 4.78 is 12.8. The van der Waals surface area contributed by atoms with E-state index in [4.69, 9.17) is 9.15 Å². The van der Waals surface area contributed by atoms with Crippen molar-refractivity contribution < 1.29 is 13.9 Å². The monoisotopic (exact) mass is 455 g/mol. The third kappa shape index (κ3) is 4.54. The van der Waals surface area contributed by atoms with Gasteiger partial charge in [-0.15, -0.1) is 10.2 Å². The van der Waals surface area contributed by atoms with Crippen molar-refractivity contribution >= 4 is 28.3 Å².